The summed E-state index contributed by atoms with van der Waals surface area (Å²) in [5.41, 5.74) is 3.68. The molecular weight excluding hydrogens is 374 g/mol. The van der Waals surface area contributed by atoms with E-state index in [1.165, 1.54) is 16.7 Å². The average molecular weight is 408 g/mol. The monoisotopic (exact) mass is 407 g/mol. The molecule has 2 fully saturated rings. The highest BCUT2D eigenvalue weighted by Gasteiger charge is 2.49. The zero-order valence-electron chi connectivity index (χ0n) is 18.1. The quantitative estimate of drug-likeness (QED) is 0.828. The molecule has 2 aromatic rings. The number of aliphatic hydroxyl groups excluding tert-OH is 1. The van der Waals surface area contributed by atoms with E-state index in [-0.39, 0.29) is 30.5 Å². The fourth-order valence-electron chi connectivity index (χ4n) is 5.07. The summed E-state index contributed by atoms with van der Waals surface area (Å²) >= 11 is 0. The van der Waals surface area contributed by atoms with Gasteiger partial charge in [0.05, 0.1) is 13.2 Å². The number of aliphatic hydroxyl groups is 1. The largest absolute Gasteiger partial charge is 0.395 e. The Morgan fingerprint density at radius 3 is 2.33 bits per heavy atom. The molecule has 0 aliphatic carbocycles. The van der Waals surface area contributed by atoms with Gasteiger partial charge in [0.25, 0.3) is 0 Å². The van der Waals surface area contributed by atoms with E-state index < -0.39 is 0 Å². The predicted octanol–water partition coefficient (Wildman–Crippen LogP) is 2.67. The summed E-state index contributed by atoms with van der Waals surface area (Å²) in [6.07, 6.45) is 2.09. The van der Waals surface area contributed by atoms with Crippen LogP contribution in [0.2, 0.25) is 0 Å². The number of hydrogen-bond acceptors (Lipinski definition) is 4. The smallest absolute Gasteiger partial charge is 0.236 e. The summed E-state index contributed by atoms with van der Waals surface area (Å²) in [7, 11) is 3.88. The Balaban J connectivity index is 1.55. The number of amides is 1. The number of fused-ring (bicyclic) bond motifs is 1. The molecule has 5 nitrogen and oxygen atoms in total. The lowest BCUT2D eigenvalue weighted by Gasteiger charge is -2.57. The van der Waals surface area contributed by atoms with E-state index in [0.717, 1.165) is 32.5 Å². The Labute approximate surface area is 179 Å². The van der Waals surface area contributed by atoms with Crippen molar-refractivity contribution in [2.75, 3.05) is 46.9 Å². The third-order valence-corrected chi connectivity index (χ3v) is 6.58. The SMILES string of the molecule is CN(C)CC(=O)N1CCCCN2[C@H](CO)[C@H](c3ccc(-c4ccccc4)cc3)[C@@H]2C1. The van der Waals surface area contributed by atoms with Gasteiger partial charge in [0, 0.05) is 31.1 Å². The summed E-state index contributed by atoms with van der Waals surface area (Å²) in [5.74, 6) is 0.458. The first kappa shape index (κ1) is 21.0. The Morgan fingerprint density at radius 2 is 1.67 bits per heavy atom. The maximum atomic E-state index is 12.8. The van der Waals surface area contributed by atoms with Crippen molar-refractivity contribution in [3.8, 4) is 11.1 Å². The molecule has 0 unspecified atom stereocenters. The van der Waals surface area contributed by atoms with Crippen molar-refractivity contribution in [2.45, 2.75) is 30.8 Å². The zero-order chi connectivity index (χ0) is 21.1. The van der Waals surface area contributed by atoms with Crippen LogP contribution in [-0.4, -0.2) is 84.7 Å². The number of carbonyl (C=O) groups is 1. The van der Waals surface area contributed by atoms with Crippen LogP contribution >= 0.6 is 0 Å². The summed E-state index contributed by atoms with van der Waals surface area (Å²) < 4.78 is 0. The normalized spacial score (nSPS) is 24.7. The summed E-state index contributed by atoms with van der Waals surface area (Å²) in [5, 5.41) is 10.1. The van der Waals surface area contributed by atoms with Crippen LogP contribution in [-0.2, 0) is 4.79 Å². The number of rotatable bonds is 5. The number of likely N-dealkylation sites (N-methyl/N-ethyl adjacent to an activating group) is 1. The van der Waals surface area contributed by atoms with Gasteiger partial charge in [0.15, 0.2) is 0 Å². The molecule has 2 aromatic carbocycles. The van der Waals surface area contributed by atoms with Gasteiger partial charge in [-0.2, -0.15) is 0 Å². The molecule has 0 saturated carbocycles. The Hall–Kier alpha value is -2.21. The van der Waals surface area contributed by atoms with E-state index in [1.54, 1.807) is 0 Å². The summed E-state index contributed by atoms with van der Waals surface area (Å²) in [4.78, 5) is 19.2. The van der Waals surface area contributed by atoms with Crippen LogP contribution in [0.5, 0.6) is 0 Å². The fourth-order valence-corrected chi connectivity index (χ4v) is 5.07. The van der Waals surface area contributed by atoms with Crippen LogP contribution in [0.3, 0.4) is 0 Å². The molecule has 4 rings (SSSR count). The number of benzene rings is 2. The highest BCUT2D eigenvalue weighted by Crippen LogP contribution is 2.42. The van der Waals surface area contributed by atoms with Gasteiger partial charge in [-0.05, 0) is 50.2 Å². The van der Waals surface area contributed by atoms with Gasteiger partial charge in [0.1, 0.15) is 0 Å². The summed E-state index contributed by atoms with van der Waals surface area (Å²) in [6, 6.07) is 19.6. The van der Waals surface area contributed by atoms with Crippen molar-refractivity contribution in [1.29, 1.82) is 0 Å². The second kappa shape index (κ2) is 9.29. The minimum absolute atomic E-state index is 0.140. The molecule has 3 atom stereocenters. The van der Waals surface area contributed by atoms with Crippen molar-refractivity contribution in [1.82, 2.24) is 14.7 Å². The minimum Gasteiger partial charge on any atom is -0.395 e. The van der Waals surface area contributed by atoms with Gasteiger partial charge < -0.3 is 14.9 Å². The molecule has 2 aliphatic rings. The maximum Gasteiger partial charge on any atom is 0.236 e. The Kier molecular flexibility index (Phi) is 6.52. The average Bonchev–Trinajstić information content (AvgIpc) is 2.73. The van der Waals surface area contributed by atoms with Crippen LogP contribution in [0.4, 0.5) is 0 Å². The standard InChI is InChI=1S/C25H33N3O2/c1-26(2)17-24(30)27-14-6-7-15-28-22(16-27)25(23(28)18-29)21-12-10-20(11-13-21)19-8-4-3-5-9-19/h3-5,8-13,22-23,25,29H,6-7,14-18H2,1-2H3/t22-,23+,25+/m0/s1. The van der Waals surface area contributed by atoms with Crippen molar-refractivity contribution >= 4 is 5.91 Å². The van der Waals surface area contributed by atoms with Gasteiger partial charge in [-0.1, -0.05) is 54.6 Å². The first-order valence-electron chi connectivity index (χ1n) is 11.0. The highest BCUT2D eigenvalue weighted by atomic mass is 16.3. The van der Waals surface area contributed by atoms with E-state index in [9.17, 15) is 9.90 Å². The Bertz CT molecular complexity index is 837. The van der Waals surface area contributed by atoms with Gasteiger partial charge in [-0.25, -0.2) is 0 Å². The molecular formula is C25H33N3O2. The maximum absolute atomic E-state index is 12.8. The molecule has 2 heterocycles. The third kappa shape index (κ3) is 4.29. The van der Waals surface area contributed by atoms with Crippen LogP contribution < -0.4 is 0 Å². The third-order valence-electron chi connectivity index (χ3n) is 6.58. The lowest BCUT2D eigenvalue weighted by atomic mass is 9.74. The first-order chi connectivity index (χ1) is 14.6. The lowest BCUT2D eigenvalue weighted by Crippen LogP contribution is -2.68. The zero-order valence-corrected chi connectivity index (χ0v) is 18.1. The van der Waals surface area contributed by atoms with Crippen LogP contribution in [0, 0.1) is 0 Å². The van der Waals surface area contributed by atoms with E-state index in [4.69, 9.17) is 0 Å². The Morgan fingerprint density at radius 1 is 1.00 bits per heavy atom. The molecule has 160 valence electrons. The molecule has 0 bridgehead atoms. The van der Waals surface area contributed by atoms with Gasteiger partial charge >= 0.3 is 0 Å². The van der Waals surface area contributed by atoms with E-state index in [0.29, 0.717) is 6.54 Å². The molecule has 1 amide bonds. The second-order valence-electron chi connectivity index (χ2n) is 8.85. The van der Waals surface area contributed by atoms with Gasteiger partial charge in [-0.3, -0.25) is 9.69 Å². The van der Waals surface area contributed by atoms with E-state index in [2.05, 4.69) is 53.4 Å². The molecule has 0 aromatic heterocycles. The molecule has 2 saturated heterocycles. The predicted molar refractivity (Wildman–Crippen MR) is 120 cm³/mol. The fraction of sp³-hybridized carbons (Fsp3) is 0.480. The van der Waals surface area contributed by atoms with E-state index in [1.807, 2.05) is 30.0 Å². The topological polar surface area (TPSA) is 47.0 Å². The van der Waals surface area contributed by atoms with Crippen molar-refractivity contribution < 1.29 is 9.90 Å². The number of hydrogen-bond donors (Lipinski definition) is 1. The van der Waals surface area contributed by atoms with Crippen LogP contribution in [0.15, 0.2) is 54.6 Å². The number of nitrogens with zero attached hydrogens (tertiary/aromatic N) is 3. The molecule has 0 radical (unpaired) electrons. The van der Waals surface area contributed by atoms with Crippen molar-refractivity contribution in [2.24, 2.45) is 0 Å². The first-order valence-corrected chi connectivity index (χ1v) is 11.0. The molecule has 0 spiro atoms. The van der Waals surface area contributed by atoms with Crippen LogP contribution in [0.25, 0.3) is 11.1 Å². The summed E-state index contributed by atoms with van der Waals surface area (Å²) in [6.45, 7) is 3.19. The molecule has 30 heavy (non-hydrogen) atoms. The molecule has 1 N–H and O–H groups in total. The van der Waals surface area contributed by atoms with Crippen LogP contribution in [0.1, 0.15) is 24.3 Å². The second-order valence-corrected chi connectivity index (χ2v) is 8.85. The van der Waals surface area contributed by atoms with Crippen molar-refractivity contribution in [3.05, 3.63) is 60.2 Å². The molecule has 2 aliphatic heterocycles. The van der Waals surface area contributed by atoms with Gasteiger partial charge in [0.2, 0.25) is 5.91 Å². The van der Waals surface area contributed by atoms with E-state index >= 15 is 0 Å². The molecule has 5 heteroatoms. The van der Waals surface area contributed by atoms with Crippen molar-refractivity contribution in [3.63, 3.8) is 0 Å². The lowest BCUT2D eigenvalue weighted by molar-refractivity contribution is -0.137. The highest BCUT2D eigenvalue weighted by molar-refractivity contribution is 5.78. The number of carbonyl (C=O) groups excluding carboxylic acids is 1. The minimum atomic E-state index is 0.140. The van der Waals surface area contributed by atoms with Gasteiger partial charge in [-0.15, -0.1) is 0 Å².